The average Bonchev–Trinajstić information content (AvgIpc) is 2.27. The third-order valence-corrected chi connectivity index (χ3v) is 4.50. The van der Waals surface area contributed by atoms with Crippen molar-refractivity contribution in [2.75, 3.05) is 31.5 Å². The van der Waals surface area contributed by atoms with Gasteiger partial charge in [0, 0.05) is 42.4 Å². The van der Waals surface area contributed by atoms with Gasteiger partial charge in [-0.25, -0.2) is 0 Å². The minimum Gasteiger partial charge on any atom is -0.384 e. The van der Waals surface area contributed by atoms with Crippen molar-refractivity contribution >= 4 is 17.4 Å². The zero-order valence-electron chi connectivity index (χ0n) is 11.6. The Morgan fingerprint density at radius 1 is 1.28 bits per heavy atom. The number of nitrogens with one attached hydrogen (secondary N) is 1. The normalized spacial score (nSPS) is 25.1. The van der Waals surface area contributed by atoms with Crippen molar-refractivity contribution in [2.24, 2.45) is 0 Å². The number of benzene rings is 1. The Hall–Kier alpha value is -0.670. The summed E-state index contributed by atoms with van der Waals surface area (Å²) in [7, 11) is 0. The number of hydrogen-bond donors (Lipinski definition) is 1. The Kier molecular flexibility index (Phi) is 4.95. The van der Waals surface area contributed by atoms with Gasteiger partial charge in [-0.3, -0.25) is 4.90 Å². The molecule has 2 rings (SSSR count). The molecule has 0 aromatic heterocycles. The maximum absolute atomic E-state index is 3.51. The summed E-state index contributed by atoms with van der Waals surface area (Å²) >= 11 is 2.11. The Bertz CT molecular complexity index is 371. The van der Waals surface area contributed by atoms with E-state index in [9.17, 15) is 0 Å². The molecule has 3 heteroatoms. The second-order valence-corrected chi connectivity index (χ2v) is 7.19. The van der Waals surface area contributed by atoms with Gasteiger partial charge in [0.05, 0.1) is 0 Å². The van der Waals surface area contributed by atoms with E-state index in [1.807, 2.05) is 0 Å². The number of hydrogen-bond acceptors (Lipinski definition) is 3. The molecule has 1 fully saturated rings. The highest BCUT2D eigenvalue weighted by Crippen LogP contribution is 2.24. The van der Waals surface area contributed by atoms with E-state index in [1.54, 1.807) is 0 Å². The van der Waals surface area contributed by atoms with Crippen LogP contribution in [0.25, 0.3) is 0 Å². The summed E-state index contributed by atoms with van der Waals surface area (Å²) in [5, 5.41) is 5.06. The zero-order valence-corrected chi connectivity index (χ0v) is 12.5. The fraction of sp³-hybridized carbons (Fsp3) is 0.600. The van der Waals surface area contributed by atoms with Crippen molar-refractivity contribution in [1.82, 2.24) is 4.90 Å². The van der Waals surface area contributed by atoms with Crippen molar-refractivity contribution in [3.8, 4) is 0 Å². The van der Waals surface area contributed by atoms with Crippen LogP contribution in [0, 0.1) is 6.92 Å². The molecule has 1 N–H and O–H groups in total. The highest BCUT2D eigenvalue weighted by atomic mass is 32.2. The van der Waals surface area contributed by atoms with Crippen LogP contribution in [0.3, 0.4) is 0 Å². The Morgan fingerprint density at radius 2 is 2.00 bits per heavy atom. The van der Waals surface area contributed by atoms with Gasteiger partial charge in [0.15, 0.2) is 0 Å². The predicted molar refractivity (Wildman–Crippen MR) is 82.6 cm³/mol. The molecule has 1 aliphatic rings. The van der Waals surface area contributed by atoms with Gasteiger partial charge in [-0.1, -0.05) is 26.0 Å². The average molecular weight is 264 g/mol. The van der Waals surface area contributed by atoms with Crippen LogP contribution in [0.2, 0.25) is 0 Å². The van der Waals surface area contributed by atoms with Crippen LogP contribution in [-0.2, 0) is 0 Å². The Balaban J connectivity index is 1.75. The molecule has 1 aromatic carbocycles. The van der Waals surface area contributed by atoms with E-state index in [0.717, 1.165) is 23.6 Å². The Labute approximate surface area is 115 Å². The van der Waals surface area contributed by atoms with Gasteiger partial charge in [-0.15, -0.1) is 0 Å². The molecular weight excluding hydrogens is 240 g/mol. The molecule has 0 spiro atoms. The highest BCUT2D eigenvalue weighted by molar-refractivity contribution is 8.00. The first-order valence-electron chi connectivity index (χ1n) is 6.82. The molecule has 0 radical (unpaired) electrons. The molecule has 2 unspecified atom stereocenters. The lowest BCUT2D eigenvalue weighted by atomic mass is 10.2. The van der Waals surface area contributed by atoms with Gasteiger partial charge in [0.1, 0.15) is 0 Å². The van der Waals surface area contributed by atoms with Crippen molar-refractivity contribution < 1.29 is 0 Å². The van der Waals surface area contributed by atoms with Crippen LogP contribution >= 0.6 is 11.8 Å². The van der Waals surface area contributed by atoms with Gasteiger partial charge >= 0.3 is 0 Å². The van der Waals surface area contributed by atoms with E-state index in [4.69, 9.17) is 0 Å². The molecule has 0 amide bonds. The monoisotopic (exact) mass is 264 g/mol. The first kappa shape index (κ1) is 13.8. The summed E-state index contributed by atoms with van der Waals surface area (Å²) in [6, 6.07) is 8.59. The first-order valence-corrected chi connectivity index (χ1v) is 7.76. The van der Waals surface area contributed by atoms with Gasteiger partial charge in [0.25, 0.3) is 0 Å². The summed E-state index contributed by atoms with van der Waals surface area (Å²) in [6.45, 7) is 11.4. The lowest BCUT2D eigenvalue weighted by molar-refractivity contribution is 0.281. The minimum absolute atomic E-state index is 0.771. The summed E-state index contributed by atoms with van der Waals surface area (Å²) in [5.74, 6) is 0. The number of aryl methyl sites for hydroxylation is 1. The molecule has 100 valence electrons. The van der Waals surface area contributed by atoms with Crippen molar-refractivity contribution in [1.29, 1.82) is 0 Å². The first-order chi connectivity index (χ1) is 8.63. The zero-order chi connectivity index (χ0) is 13.0. The van der Waals surface area contributed by atoms with Gasteiger partial charge < -0.3 is 5.32 Å². The second-order valence-electron chi connectivity index (χ2n) is 5.31. The largest absolute Gasteiger partial charge is 0.384 e. The van der Waals surface area contributed by atoms with E-state index in [1.165, 1.54) is 24.3 Å². The molecule has 2 nitrogen and oxygen atoms in total. The number of nitrogens with zero attached hydrogens (tertiary/aromatic N) is 1. The van der Waals surface area contributed by atoms with Crippen molar-refractivity contribution in [3.63, 3.8) is 0 Å². The number of anilines is 1. The third kappa shape index (κ3) is 4.21. The predicted octanol–water partition coefficient (Wildman–Crippen LogP) is 3.23. The molecule has 18 heavy (non-hydrogen) atoms. The van der Waals surface area contributed by atoms with Crippen molar-refractivity contribution in [3.05, 3.63) is 29.8 Å². The molecule has 1 aliphatic heterocycles. The summed E-state index contributed by atoms with van der Waals surface area (Å²) in [5.41, 5.74) is 2.55. The maximum atomic E-state index is 3.51. The molecule has 2 atom stereocenters. The fourth-order valence-electron chi connectivity index (χ4n) is 2.58. The summed E-state index contributed by atoms with van der Waals surface area (Å²) < 4.78 is 0. The van der Waals surface area contributed by atoms with E-state index < -0.39 is 0 Å². The molecule has 1 heterocycles. The molecule has 0 saturated carbocycles. The second kappa shape index (κ2) is 6.48. The van der Waals surface area contributed by atoms with Gasteiger partial charge in [-0.05, 0) is 24.6 Å². The van der Waals surface area contributed by atoms with Crippen LogP contribution in [-0.4, -0.2) is 41.6 Å². The fourth-order valence-corrected chi connectivity index (χ4v) is 3.97. The van der Waals surface area contributed by atoms with Crippen LogP contribution in [0.15, 0.2) is 24.3 Å². The van der Waals surface area contributed by atoms with Gasteiger partial charge in [0.2, 0.25) is 0 Å². The molecule has 0 bridgehead atoms. The lowest BCUT2D eigenvalue weighted by Gasteiger charge is -2.34. The third-order valence-electron chi connectivity index (χ3n) is 3.27. The SMILES string of the molecule is Cc1cccc(NCCN2CC(C)SC(C)C2)c1. The lowest BCUT2D eigenvalue weighted by Crippen LogP contribution is -2.42. The Morgan fingerprint density at radius 3 is 2.67 bits per heavy atom. The quantitative estimate of drug-likeness (QED) is 0.899. The maximum Gasteiger partial charge on any atom is 0.0343 e. The van der Waals surface area contributed by atoms with E-state index in [2.05, 4.69) is 67.0 Å². The van der Waals surface area contributed by atoms with Crippen LogP contribution in [0.1, 0.15) is 19.4 Å². The molecule has 1 saturated heterocycles. The molecule has 0 aliphatic carbocycles. The summed E-state index contributed by atoms with van der Waals surface area (Å²) in [4.78, 5) is 2.58. The topological polar surface area (TPSA) is 15.3 Å². The van der Waals surface area contributed by atoms with E-state index >= 15 is 0 Å². The number of thioether (sulfide) groups is 1. The molecular formula is C15H24N2S. The van der Waals surface area contributed by atoms with Crippen LogP contribution in [0.4, 0.5) is 5.69 Å². The van der Waals surface area contributed by atoms with Gasteiger partial charge in [-0.2, -0.15) is 11.8 Å². The standard InChI is InChI=1S/C15H24N2S/c1-12-5-4-6-15(9-12)16-7-8-17-10-13(2)18-14(3)11-17/h4-6,9,13-14,16H,7-8,10-11H2,1-3H3. The van der Waals surface area contributed by atoms with Crippen LogP contribution in [0.5, 0.6) is 0 Å². The highest BCUT2D eigenvalue weighted by Gasteiger charge is 2.21. The van der Waals surface area contributed by atoms with Crippen LogP contribution < -0.4 is 5.32 Å². The smallest absolute Gasteiger partial charge is 0.0343 e. The minimum atomic E-state index is 0.771. The van der Waals surface area contributed by atoms with E-state index in [0.29, 0.717) is 0 Å². The van der Waals surface area contributed by atoms with Crippen molar-refractivity contribution in [2.45, 2.75) is 31.3 Å². The molecule has 1 aromatic rings. The summed E-state index contributed by atoms with van der Waals surface area (Å²) in [6.07, 6.45) is 0. The van der Waals surface area contributed by atoms with E-state index in [-0.39, 0.29) is 0 Å². The number of rotatable bonds is 4.